The molecule has 0 aliphatic heterocycles. The summed E-state index contributed by atoms with van der Waals surface area (Å²) in [7, 11) is 1.63. The van der Waals surface area contributed by atoms with Crippen LogP contribution in [-0.2, 0) is 9.47 Å². The number of aliphatic hydroxyl groups is 1. The van der Waals surface area contributed by atoms with E-state index in [1.807, 2.05) is 12.1 Å². The number of aliphatic hydroxyl groups excluding tert-OH is 1. The van der Waals surface area contributed by atoms with E-state index in [1.54, 1.807) is 7.11 Å². The average Bonchev–Trinajstić information content (AvgIpc) is 2.36. The number of benzene rings is 1. The summed E-state index contributed by atoms with van der Waals surface area (Å²) in [5.74, 6) is 0. The number of rotatable bonds is 8. The SMILES string of the molecule is COCCOCC(O)CNc1cccc(I)c1C. The van der Waals surface area contributed by atoms with Crippen LogP contribution in [0.3, 0.4) is 0 Å². The van der Waals surface area contributed by atoms with Crippen LogP contribution in [0.4, 0.5) is 5.69 Å². The first-order valence-corrected chi connectivity index (χ1v) is 6.96. The summed E-state index contributed by atoms with van der Waals surface area (Å²) in [6, 6.07) is 6.07. The van der Waals surface area contributed by atoms with Gasteiger partial charge in [-0.3, -0.25) is 0 Å². The highest BCUT2D eigenvalue weighted by atomic mass is 127. The molecular weight excluding hydrogens is 345 g/mol. The van der Waals surface area contributed by atoms with Gasteiger partial charge in [-0.25, -0.2) is 0 Å². The van der Waals surface area contributed by atoms with Crippen molar-refractivity contribution < 1.29 is 14.6 Å². The highest BCUT2D eigenvalue weighted by Gasteiger charge is 2.06. The molecule has 0 heterocycles. The second-order valence-electron chi connectivity index (χ2n) is 4.01. The summed E-state index contributed by atoms with van der Waals surface area (Å²) >= 11 is 2.30. The monoisotopic (exact) mass is 365 g/mol. The Balaban J connectivity index is 2.29. The van der Waals surface area contributed by atoms with Crippen LogP contribution in [0.2, 0.25) is 0 Å². The van der Waals surface area contributed by atoms with Crippen LogP contribution in [0, 0.1) is 10.5 Å². The van der Waals surface area contributed by atoms with Crippen molar-refractivity contribution in [1.82, 2.24) is 0 Å². The molecule has 102 valence electrons. The first-order valence-electron chi connectivity index (χ1n) is 5.89. The van der Waals surface area contributed by atoms with Gasteiger partial charge in [-0.2, -0.15) is 0 Å². The van der Waals surface area contributed by atoms with Crippen molar-refractivity contribution in [2.75, 3.05) is 38.8 Å². The number of anilines is 1. The molecule has 4 nitrogen and oxygen atoms in total. The molecule has 0 radical (unpaired) electrons. The lowest BCUT2D eigenvalue weighted by molar-refractivity contribution is 0.0182. The fraction of sp³-hybridized carbons (Fsp3) is 0.538. The van der Waals surface area contributed by atoms with Crippen LogP contribution in [0.25, 0.3) is 0 Å². The van der Waals surface area contributed by atoms with Gasteiger partial charge in [0.2, 0.25) is 0 Å². The van der Waals surface area contributed by atoms with Crippen LogP contribution in [0.15, 0.2) is 18.2 Å². The van der Waals surface area contributed by atoms with Gasteiger partial charge in [-0.05, 0) is 47.2 Å². The lowest BCUT2D eigenvalue weighted by atomic mass is 10.2. The molecule has 18 heavy (non-hydrogen) atoms. The van der Waals surface area contributed by atoms with Gasteiger partial charge >= 0.3 is 0 Å². The lowest BCUT2D eigenvalue weighted by Crippen LogP contribution is -2.25. The highest BCUT2D eigenvalue weighted by molar-refractivity contribution is 14.1. The van der Waals surface area contributed by atoms with Crippen molar-refractivity contribution in [3.63, 3.8) is 0 Å². The van der Waals surface area contributed by atoms with Crippen molar-refractivity contribution in [1.29, 1.82) is 0 Å². The summed E-state index contributed by atoms with van der Waals surface area (Å²) in [4.78, 5) is 0. The second-order valence-corrected chi connectivity index (χ2v) is 5.18. The number of hydrogen-bond acceptors (Lipinski definition) is 4. The van der Waals surface area contributed by atoms with Crippen LogP contribution < -0.4 is 5.32 Å². The molecule has 5 heteroatoms. The third-order valence-corrected chi connectivity index (χ3v) is 3.71. The maximum absolute atomic E-state index is 9.74. The first kappa shape index (κ1) is 15.7. The number of ether oxygens (including phenoxy) is 2. The predicted molar refractivity (Wildman–Crippen MR) is 81.1 cm³/mol. The molecule has 0 aromatic heterocycles. The first-order chi connectivity index (χ1) is 8.65. The topological polar surface area (TPSA) is 50.7 Å². The maximum Gasteiger partial charge on any atom is 0.0945 e. The van der Waals surface area contributed by atoms with Crippen molar-refractivity contribution in [3.05, 3.63) is 27.3 Å². The van der Waals surface area contributed by atoms with Crippen LogP contribution >= 0.6 is 22.6 Å². The summed E-state index contributed by atoms with van der Waals surface area (Å²) in [6.07, 6.45) is -0.515. The van der Waals surface area contributed by atoms with E-state index in [2.05, 4.69) is 40.9 Å². The Morgan fingerprint density at radius 2 is 2.17 bits per heavy atom. The Hall–Kier alpha value is -0.370. The molecule has 2 N–H and O–H groups in total. The van der Waals surface area contributed by atoms with E-state index < -0.39 is 6.10 Å². The molecule has 0 amide bonds. The predicted octanol–water partition coefficient (Wildman–Crippen LogP) is 2.04. The summed E-state index contributed by atoms with van der Waals surface area (Å²) in [5, 5.41) is 13.0. The Bertz CT molecular complexity index is 360. The molecule has 0 aliphatic rings. The third-order valence-electron chi connectivity index (χ3n) is 2.54. The summed E-state index contributed by atoms with van der Waals surface area (Å²) < 4.78 is 11.3. The van der Waals surface area contributed by atoms with Crippen LogP contribution in [0.5, 0.6) is 0 Å². The van der Waals surface area contributed by atoms with Gasteiger partial charge in [0.1, 0.15) is 0 Å². The number of halogens is 1. The molecule has 1 aromatic rings. The van der Waals surface area contributed by atoms with Gasteiger partial charge < -0.3 is 19.9 Å². The van der Waals surface area contributed by atoms with E-state index in [9.17, 15) is 5.11 Å². The summed E-state index contributed by atoms with van der Waals surface area (Å²) in [6.45, 7) is 3.92. The molecule has 0 aliphatic carbocycles. The Morgan fingerprint density at radius 1 is 1.39 bits per heavy atom. The highest BCUT2D eigenvalue weighted by Crippen LogP contribution is 2.20. The molecule has 0 saturated carbocycles. The normalized spacial score (nSPS) is 12.4. The fourth-order valence-electron chi connectivity index (χ4n) is 1.45. The quantitative estimate of drug-likeness (QED) is 0.547. The molecular formula is C13H20INO3. The number of methoxy groups -OCH3 is 1. The molecule has 0 bridgehead atoms. The van der Waals surface area contributed by atoms with Crippen molar-refractivity contribution in [2.45, 2.75) is 13.0 Å². The molecule has 0 fully saturated rings. The van der Waals surface area contributed by atoms with Gasteiger partial charge in [-0.1, -0.05) is 6.07 Å². The smallest absolute Gasteiger partial charge is 0.0945 e. The van der Waals surface area contributed by atoms with Gasteiger partial charge in [-0.15, -0.1) is 0 Å². The lowest BCUT2D eigenvalue weighted by Gasteiger charge is -2.15. The van der Waals surface area contributed by atoms with Gasteiger partial charge in [0.05, 0.1) is 25.9 Å². The molecule has 1 unspecified atom stereocenters. The van der Waals surface area contributed by atoms with E-state index in [1.165, 1.54) is 9.13 Å². The van der Waals surface area contributed by atoms with Crippen molar-refractivity contribution in [3.8, 4) is 0 Å². The van der Waals surface area contributed by atoms with E-state index in [0.29, 0.717) is 26.4 Å². The van der Waals surface area contributed by atoms with E-state index in [0.717, 1.165) is 5.69 Å². The second kappa shape index (κ2) is 8.68. The zero-order valence-electron chi connectivity index (χ0n) is 10.8. The van der Waals surface area contributed by atoms with E-state index in [4.69, 9.17) is 9.47 Å². The Kier molecular flexibility index (Phi) is 7.57. The molecule has 0 spiro atoms. The number of hydrogen-bond donors (Lipinski definition) is 2. The van der Waals surface area contributed by atoms with Crippen LogP contribution in [-0.4, -0.2) is 44.7 Å². The molecule has 1 rings (SSSR count). The molecule has 1 atom stereocenters. The van der Waals surface area contributed by atoms with Gasteiger partial charge in [0, 0.05) is 22.9 Å². The Morgan fingerprint density at radius 3 is 2.89 bits per heavy atom. The molecule has 0 saturated heterocycles. The van der Waals surface area contributed by atoms with Gasteiger partial charge in [0.25, 0.3) is 0 Å². The summed E-state index contributed by atoms with van der Waals surface area (Å²) in [5.41, 5.74) is 2.25. The Labute approximate surface area is 122 Å². The zero-order valence-corrected chi connectivity index (χ0v) is 12.9. The van der Waals surface area contributed by atoms with Crippen LogP contribution in [0.1, 0.15) is 5.56 Å². The van der Waals surface area contributed by atoms with Crippen molar-refractivity contribution in [2.24, 2.45) is 0 Å². The minimum atomic E-state index is -0.515. The minimum Gasteiger partial charge on any atom is -0.389 e. The largest absolute Gasteiger partial charge is 0.389 e. The third kappa shape index (κ3) is 5.51. The molecule has 1 aromatic carbocycles. The standard InChI is InChI=1S/C13H20INO3/c1-10-12(14)4-3-5-13(10)15-8-11(16)9-18-7-6-17-2/h3-5,11,15-16H,6-9H2,1-2H3. The minimum absolute atomic E-state index is 0.319. The van der Waals surface area contributed by atoms with E-state index >= 15 is 0 Å². The zero-order chi connectivity index (χ0) is 13.4. The van der Waals surface area contributed by atoms with Crippen molar-refractivity contribution >= 4 is 28.3 Å². The maximum atomic E-state index is 9.74. The van der Waals surface area contributed by atoms with E-state index in [-0.39, 0.29) is 0 Å². The fourth-order valence-corrected chi connectivity index (χ4v) is 1.95. The average molecular weight is 365 g/mol. The van der Waals surface area contributed by atoms with Gasteiger partial charge in [0.15, 0.2) is 0 Å². The number of nitrogens with one attached hydrogen (secondary N) is 1.